The molecule has 0 aliphatic carbocycles. The third-order valence-corrected chi connectivity index (χ3v) is 4.19. The van der Waals surface area contributed by atoms with Gasteiger partial charge in [0.05, 0.1) is 18.4 Å². The Morgan fingerprint density at radius 3 is 2.83 bits per heavy atom. The zero-order chi connectivity index (χ0) is 16.6. The summed E-state index contributed by atoms with van der Waals surface area (Å²) in [6.07, 6.45) is 1.73. The molecule has 2 aromatic rings. The molecular weight excluding hydrogens is 318 g/mol. The molecule has 1 aliphatic heterocycles. The van der Waals surface area contributed by atoms with Crippen molar-refractivity contribution in [2.75, 3.05) is 11.4 Å². The lowest BCUT2D eigenvalue weighted by molar-refractivity contribution is -0.135. The van der Waals surface area contributed by atoms with Crippen LogP contribution >= 0.6 is 11.6 Å². The van der Waals surface area contributed by atoms with Gasteiger partial charge >= 0.3 is 0 Å². The highest BCUT2D eigenvalue weighted by atomic mass is 35.5. The van der Waals surface area contributed by atoms with Crippen LogP contribution in [-0.4, -0.2) is 23.3 Å². The molecule has 1 unspecified atom stereocenters. The largest absolute Gasteiger partial charge is 0.461 e. The maximum Gasteiger partial charge on any atom is 0.264 e. The minimum absolute atomic E-state index is 0.115. The van der Waals surface area contributed by atoms with Gasteiger partial charge in [-0.2, -0.15) is 0 Å². The maximum absolute atomic E-state index is 12.7. The van der Waals surface area contributed by atoms with Crippen LogP contribution in [0.25, 0.3) is 0 Å². The van der Waals surface area contributed by atoms with Crippen LogP contribution in [-0.2, 0) is 10.4 Å². The minimum Gasteiger partial charge on any atom is -0.461 e. The lowest BCUT2D eigenvalue weighted by atomic mass is 9.89. The van der Waals surface area contributed by atoms with E-state index in [-0.39, 0.29) is 12.2 Å². The molecule has 0 saturated heterocycles. The number of carbonyl (C=O) groups is 2. The second-order valence-corrected chi connectivity index (χ2v) is 5.99. The van der Waals surface area contributed by atoms with Gasteiger partial charge in [-0.15, -0.1) is 0 Å². The van der Waals surface area contributed by atoms with Crippen LogP contribution in [0.5, 0.6) is 0 Å². The van der Waals surface area contributed by atoms with E-state index in [0.717, 1.165) is 6.42 Å². The quantitative estimate of drug-likeness (QED) is 0.853. The van der Waals surface area contributed by atoms with Gasteiger partial charge < -0.3 is 14.4 Å². The van der Waals surface area contributed by atoms with Gasteiger partial charge in [0.25, 0.3) is 5.91 Å². The SMILES string of the molecule is CCCN1C(=O)C(O)(CC(=O)c2ccco2)c2cc(Cl)ccc21. The fourth-order valence-electron chi connectivity index (χ4n) is 2.90. The predicted octanol–water partition coefficient (Wildman–Crippen LogP) is 3.15. The molecular formula is C17H16ClNO4. The second kappa shape index (κ2) is 5.83. The van der Waals surface area contributed by atoms with Gasteiger partial charge in [-0.05, 0) is 36.8 Å². The van der Waals surface area contributed by atoms with Crippen molar-refractivity contribution in [3.63, 3.8) is 0 Å². The fourth-order valence-corrected chi connectivity index (χ4v) is 3.07. The highest BCUT2D eigenvalue weighted by molar-refractivity contribution is 6.31. The van der Waals surface area contributed by atoms with Gasteiger partial charge in [-0.3, -0.25) is 9.59 Å². The van der Waals surface area contributed by atoms with Gasteiger partial charge in [0.1, 0.15) is 0 Å². The van der Waals surface area contributed by atoms with Crippen LogP contribution in [0.4, 0.5) is 5.69 Å². The van der Waals surface area contributed by atoms with Crippen molar-refractivity contribution < 1.29 is 19.1 Å². The Bertz CT molecular complexity index is 756. The Morgan fingerprint density at radius 2 is 2.17 bits per heavy atom. The zero-order valence-corrected chi connectivity index (χ0v) is 13.3. The summed E-state index contributed by atoms with van der Waals surface area (Å²) in [6.45, 7) is 2.40. The van der Waals surface area contributed by atoms with Crippen molar-refractivity contribution in [2.45, 2.75) is 25.4 Å². The highest BCUT2D eigenvalue weighted by Crippen LogP contribution is 2.44. The number of aliphatic hydroxyl groups is 1. The molecule has 1 atom stereocenters. The summed E-state index contributed by atoms with van der Waals surface area (Å²) < 4.78 is 5.06. The molecule has 5 nitrogen and oxygen atoms in total. The number of benzene rings is 1. The standard InChI is InChI=1S/C17H16ClNO4/c1-2-7-19-13-6-5-11(18)9-12(13)17(22,16(19)21)10-14(20)15-4-3-8-23-15/h3-6,8-9,22H,2,7,10H2,1H3. The van der Waals surface area contributed by atoms with Crippen molar-refractivity contribution in [2.24, 2.45) is 0 Å². The average Bonchev–Trinajstić information content (AvgIpc) is 3.11. The highest BCUT2D eigenvalue weighted by Gasteiger charge is 2.51. The minimum atomic E-state index is -1.92. The van der Waals surface area contributed by atoms with E-state index < -0.39 is 17.3 Å². The lowest BCUT2D eigenvalue weighted by Crippen LogP contribution is -2.42. The summed E-state index contributed by atoms with van der Waals surface area (Å²) in [4.78, 5) is 26.6. The van der Waals surface area contributed by atoms with Crippen LogP contribution in [0.15, 0.2) is 41.0 Å². The van der Waals surface area contributed by atoms with E-state index in [1.807, 2.05) is 6.92 Å². The summed E-state index contributed by atoms with van der Waals surface area (Å²) in [5, 5.41) is 11.4. The van der Waals surface area contributed by atoms with Crippen LogP contribution < -0.4 is 4.90 Å². The van der Waals surface area contributed by atoms with Crippen molar-refractivity contribution in [3.05, 3.63) is 52.9 Å². The van der Waals surface area contributed by atoms with Crippen molar-refractivity contribution in [1.29, 1.82) is 0 Å². The molecule has 120 valence electrons. The van der Waals surface area contributed by atoms with Gasteiger partial charge in [-0.1, -0.05) is 18.5 Å². The van der Waals surface area contributed by atoms with Gasteiger partial charge in [0.2, 0.25) is 5.78 Å². The number of nitrogens with zero attached hydrogens (tertiary/aromatic N) is 1. The number of Topliss-reactive ketones (excluding diaryl/α,β-unsaturated/α-hetero) is 1. The first-order chi connectivity index (χ1) is 11.0. The fraction of sp³-hybridized carbons (Fsp3) is 0.294. The first kappa shape index (κ1) is 15.8. The number of hydrogen-bond donors (Lipinski definition) is 1. The molecule has 6 heteroatoms. The molecule has 0 fully saturated rings. The van der Waals surface area contributed by atoms with Gasteiger partial charge in [0, 0.05) is 17.1 Å². The molecule has 1 N–H and O–H groups in total. The molecule has 1 aromatic carbocycles. The smallest absolute Gasteiger partial charge is 0.264 e. The van der Waals surface area contributed by atoms with E-state index in [0.29, 0.717) is 22.8 Å². The number of hydrogen-bond acceptors (Lipinski definition) is 4. The van der Waals surface area contributed by atoms with Crippen molar-refractivity contribution in [1.82, 2.24) is 0 Å². The number of furan rings is 1. The molecule has 0 radical (unpaired) electrons. The zero-order valence-electron chi connectivity index (χ0n) is 12.6. The number of carbonyl (C=O) groups excluding carboxylic acids is 2. The van der Waals surface area contributed by atoms with E-state index in [9.17, 15) is 14.7 Å². The number of fused-ring (bicyclic) bond motifs is 1. The molecule has 1 amide bonds. The number of amides is 1. The lowest BCUT2D eigenvalue weighted by Gasteiger charge is -2.22. The molecule has 0 bridgehead atoms. The average molecular weight is 334 g/mol. The molecule has 0 saturated carbocycles. The molecule has 1 aliphatic rings. The van der Waals surface area contributed by atoms with E-state index in [2.05, 4.69) is 0 Å². The maximum atomic E-state index is 12.7. The van der Waals surface area contributed by atoms with E-state index in [4.69, 9.17) is 16.0 Å². The van der Waals surface area contributed by atoms with Gasteiger partial charge in [-0.25, -0.2) is 0 Å². The predicted molar refractivity (Wildman–Crippen MR) is 85.6 cm³/mol. The van der Waals surface area contributed by atoms with Crippen molar-refractivity contribution >= 4 is 29.0 Å². The third kappa shape index (κ3) is 2.56. The van der Waals surface area contributed by atoms with Gasteiger partial charge in [0.15, 0.2) is 11.4 Å². The Hall–Kier alpha value is -2.11. The first-order valence-electron chi connectivity index (χ1n) is 7.38. The van der Waals surface area contributed by atoms with Crippen LogP contribution in [0.1, 0.15) is 35.9 Å². The number of rotatable bonds is 5. The van der Waals surface area contributed by atoms with E-state index >= 15 is 0 Å². The van der Waals surface area contributed by atoms with E-state index in [1.165, 1.54) is 17.2 Å². The summed E-state index contributed by atoms with van der Waals surface area (Å²) >= 11 is 6.01. The first-order valence-corrected chi connectivity index (χ1v) is 7.76. The van der Waals surface area contributed by atoms with Crippen LogP contribution in [0.2, 0.25) is 5.02 Å². The number of ketones is 1. The van der Waals surface area contributed by atoms with Crippen LogP contribution in [0, 0.1) is 0 Å². The molecule has 2 heterocycles. The molecule has 3 rings (SSSR count). The molecule has 23 heavy (non-hydrogen) atoms. The Morgan fingerprint density at radius 1 is 1.39 bits per heavy atom. The van der Waals surface area contributed by atoms with E-state index in [1.54, 1.807) is 24.3 Å². The summed E-state index contributed by atoms with van der Waals surface area (Å²) in [5.41, 5.74) is -0.960. The third-order valence-electron chi connectivity index (χ3n) is 3.95. The molecule has 0 spiro atoms. The summed E-state index contributed by atoms with van der Waals surface area (Å²) in [5.74, 6) is -0.824. The summed E-state index contributed by atoms with van der Waals surface area (Å²) in [7, 11) is 0. The monoisotopic (exact) mass is 333 g/mol. The number of anilines is 1. The Balaban J connectivity index is 2.02. The number of halogens is 1. The topological polar surface area (TPSA) is 70.8 Å². The molecule has 1 aromatic heterocycles. The normalized spacial score (nSPS) is 20.0. The second-order valence-electron chi connectivity index (χ2n) is 5.56. The van der Waals surface area contributed by atoms with Crippen molar-refractivity contribution in [3.8, 4) is 0 Å². The Labute approximate surface area is 138 Å². The Kier molecular flexibility index (Phi) is 4.00. The summed E-state index contributed by atoms with van der Waals surface area (Å²) in [6, 6.07) is 7.99. The van der Waals surface area contributed by atoms with Crippen LogP contribution in [0.3, 0.4) is 0 Å².